The van der Waals surface area contributed by atoms with Crippen molar-refractivity contribution in [1.29, 1.82) is 0 Å². The number of amides is 2. The number of carbonyl (C=O) groups excluding carboxylic acids is 1. The van der Waals surface area contributed by atoms with Gasteiger partial charge in [-0.05, 0) is 18.2 Å². The van der Waals surface area contributed by atoms with Crippen molar-refractivity contribution < 1.29 is 9.53 Å². The smallest absolute Gasteiger partial charge is 0.322 e. The van der Waals surface area contributed by atoms with Crippen LogP contribution in [0.2, 0.25) is 0 Å². The molecule has 0 radical (unpaired) electrons. The van der Waals surface area contributed by atoms with Crippen LogP contribution in [0.3, 0.4) is 0 Å². The molecule has 0 saturated carbocycles. The number of pyridine rings is 2. The van der Waals surface area contributed by atoms with Crippen LogP contribution in [0.5, 0.6) is 5.88 Å². The minimum Gasteiger partial charge on any atom is -0.481 e. The van der Waals surface area contributed by atoms with Gasteiger partial charge in [-0.15, -0.1) is 0 Å². The molecule has 0 aliphatic carbocycles. The summed E-state index contributed by atoms with van der Waals surface area (Å²) in [7, 11) is 1.56. The molecule has 3 heterocycles. The van der Waals surface area contributed by atoms with Crippen molar-refractivity contribution in [2.75, 3.05) is 43.5 Å². The van der Waals surface area contributed by atoms with Crippen molar-refractivity contribution in [2.24, 2.45) is 0 Å². The zero-order valence-corrected chi connectivity index (χ0v) is 13.0. The van der Waals surface area contributed by atoms with Crippen LogP contribution in [0.4, 0.5) is 16.2 Å². The van der Waals surface area contributed by atoms with Crippen molar-refractivity contribution in [3.05, 3.63) is 42.9 Å². The Bertz CT molecular complexity index is 639. The highest BCUT2D eigenvalue weighted by molar-refractivity contribution is 5.89. The molecule has 2 amide bonds. The zero-order valence-electron chi connectivity index (χ0n) is 13.0. The highest BCUT2D eigenvalue weighted by Gasteiger charge is 2.21. The second-order valence-corrected chi connectivity index (χ2v) is 5.20. The highest BCUT2D eigenvalue weighted by Crippen LogP contribution is 2.16. The molecule has 120 valence electrons. The summed E-state index contributed by atoms with van der Waals surface area (Å²) in [4.78, 5) is 24.5. The third kappa shape index (κ3) is 3.68. The molecule has 0 unspecified atom stereocenters. The van der Waals surface area contributed by atoms with Crippen LogP contribution in [0.15, 0.2) is 42.9 Å². The van der Waals surface area contributed by atoms with Crippen molar-refractivity contribution in [2.45, 2.75) is 0 Å². The van der Waals surface area contributed by atoms with E-state index in [0.717, 1.165) is 18.8 Å². The number of methoxy groups -OCH3 is 1. The molecule has 0 bridgehead atoms. The number of hydrogen-bond donors (Lipinski definition) is 1. The number of ether oxygens (including phenoxy) is 1. The number of rotatable bonds is 3. The van der Waals surface area contributed by atoms with Crippen LogP contribution in [-0.2, 0) is 0 Å². The van der Waals surface area contributed by atoms with Crippen molar-refractivity contribution in [3.63, 3.8) is 0 Å². The van der Waals surface area contributed by atoms with Crippen LogP contribution < -0.4 is 15.0 Å². The second-order valence-electron chi connectivity index (χ2n) is 5.20. The molecule has 1 fully saturated rings. The first-order chi connectivity index (χ1) is 11.3. The van der Waals surface area contributed by atoms with E-state index in [1.807, 2.05) is 17.0 Å². The van der Waals surface area contributed by atoms with E-state index in [1.54, 1.807) is 37.8 Å². The second kappa shape index (κ2) is 6.95. The van der Waals surface area contributed by atoms with Gasteiger partial charge in [-0.3, -0.25) is 4.98 Å². The first-order valence-electron chi connectivity index (χ1n) is 7.47. The Morgan fingerprint density at radius 2 is 1.87 bits per heavy atom. The molecule has 1 aliphatic heterocycles. The Hall–Kier alpha value is -2.83. The molecule has 1 aliphatic rings. The predicted octanol–water partition coefficient (Wildman–Crippen LogP) is 1.84. The first kappa shape index (κ1) is 15.1. The van der Waals surface area contributed by atoms with E-state index in [4.69, 9.17) is 4.74 Å². The SMILES string of the molecule is COc1ccc(NC(=O)N2CCN(c3ccncc3)CC2)cn1. The van der Waals surface area contributed by atoms with Gasteiger partial charge in [-0.1, -0.05) is 0 Å². The molecular weight excluding hydrogens is 294 g/mol. The summed E-state index contributed by atoms with van der Waals surface area (Å²) in [6.07, 6.45) is 5.15. The van der Waals surface area contributed by atoms with Crippen molar-refractivity contribution >= 4 is 17.4 Å². The number of nitrogens with one attached hydrogen (secondary N) is 1. The summed E-state index contributed by atoms with van der Waals surface area (Å²) < 4.78 is 5.00. The third-order valence-electron chi connectivity index (χ3n) is 3.79. The van der Waals surface area contributed by atoms with E-state index in [0.29, 0.717) is 24.7 Å². The standard InChI is InChI=1S/C16H19N5O2/c1-23-15-3-2-13(12-18-15)19-16(22)21-10-8-20(9-11-21)14-4-6-17-7-5-14/h2-7,12H,8-11H2,1H3,(H,19,22). The topological polar surface area (TPSA) is 70.6 Å². The lowest BCUT2D eigenvalue weighted by Crippen LogP contribution is -2.50. The Kier molecular flexibility index (Phi) is 4.56. The summed E-state index contributed by atoms with van der Waals surface area (Å²) in [6.45, 7) is 2.96. The molecule has 23 heavy (non-hydrogen) atoms. The van der Waals surface area contributed by atoms with Crippen LogP contribution >= 0.6 is 0 Å². The van der Waals surface area contributed by atoms with Gasteiger partial charge in [0.2, 0.25) is 5.88 Å². The van der Waals surface area contributed by atoms with E-state index < -0.39 is 0 Å². The molecule has 7 heteroatoms. The molecular formula is C16H19N5O2. The number of aromatic nitrogens is 2. The van der Waals surface area contributed by atoms with E-state index in [2.05, 4.69) is 20.2 Å². The first-order valence-corrected chi connectivity index (χ1v) is 7.47. The molecule has 0 aromatic carbocycles. The van der Waals surface area contributed by atoms with Crippen LogP contribution in [-0.4, -0.2) is 54.2 Å². The maximum absolute atomic E-state index is 12.3. The maximum Gasteiger partial charge on any atom is 0.322 e. The Morgan fingerprint density at radius 1 is 1.13 bits per heavy atom. The van der Waals surface area contributed by atoms with Crippen molar-refractivity contribution in [3.8, 4) is 5.88 Å². The monoisotopic (exact) mass is 313 g/mol. The largest absolute Gasteiger partial charge is 0.481 e. The lowest BCUT2D eigenvalue weighted by Gasteiger charge is -2.35. The van der Waals surface area contributed by atoms with Crippen molar-refractivity contribution in [1.82, 2.24) is 14.9 Å². The Morgan fingerprint density at radius 3 is 2.48 bits per heavy atom. The Labute approximate surface area is 134 Å². The van der Waals surface area contributed by atoms with Gasteiger partial charge >= 0.3 is 6.03 Å². The van der Waals surface area contributed by atoms with E-state index >= 15 is 0 Å². The van der Waals surface area contributed by atoms with Gasteiger partial charge < -0.3 is 19.9 Å². The normalized spacial score (nSPS) is 14.5. The molecule has 0 atom stereocenters. The van der Waals surface area contributed by atoms with E-state index in [1.165, 1.54) is 0 Å². The van der Waals surface area contributed by atoms with Gasteiger partial charge in [-0.2, -0.15) is 0 Å². The molecule has 0 spiro atoms. The average Bonchev–Trinajstić information content (AvgIpc) is 2.63. The summed E-state index contributed by atoms with van der Waals surface area (Å²) in [6, 6.07) is 7.36. The van der Waals surface area contributed by atoms with Gasteiger partial charge in [0.25, 0.3) is 0 Å². The molecule has 2 aromatic heterocycles. The maximum atomic E-state index is 12.3. The number of nitrogens with zero attached hydrogens (tertiary/aromatic N) is 4. The predicted molar refractivity (Wildman–Crippen MR) is 87.8 cm³/mol. The van der Waals surface area contributed by atoms with Gasteiger partial charge in [-0.25, -0.2) is 9.78 Å². The number of anilines is 2. The molecule has 1 N–H and O–H groups in total. The Balaban J connectivity index is 1.53. The zero-order chi connectivity index (χ0) is 16.1. The lowest BCUT2D eigenvalue weighted by molar-refractivity contribution is 0.208. The van der Waals surface area contributed by atoms with Crippen LogP contribution in [0, 0.1) is 0 Å². The van der Waals surface area contributed by atoms with Gasteiger partial charge in [0.1, 0.15) is 0 Å². The minimum absolute atomic E-state index is 0.105. The number of hydrogen-bond acceptors (Lipinski definition) is 5. The summed E-state index contributed by atoms with van der Waals surface area (Å²) in [5.41, 5.74) is 1.80. The fraction of sp³-hybridized carbons (Fsp3) is 0.312. The van der Waals surface area contributed by atoms with Gasteiger partial charge in [0, 0.05) is 50.3 Å². The van der Waals surface area contributed by atoms with E-state index in [-0.39, 0.29) is 6.03 Å². The fourth-order valence-corrected chi connectivity index (χ4v) is 2.50. The summed E-state index contributed by atoms with van der Waals surface area (Å²) >= 11 is 0. The van der Waals surface area contributed by atoms with Crippen LogP contribution in [0.1, 0.15) is 0 Å². The highest BCUT2D eigenvalue weighted by atomic mass is 16.5. The molecule has 1 saturated heterocycles. The lowest BCUT2D eigenvalue weighted by atomic mass is 10.3. The molecule has 7 nitrogen and oxygen atoms in total. The van der Waals surface area contributed by atoms with Crippen LogP contribution in [0.25, 0.3) is 0 Å². The summed E-state index contributed by atoms with van der Waals surface area (Å²) in [5.74, 6) is 0.522. The number of carbonyl (C=O) groups is 1. The third-order valence-corrected chi connectivity index (χ3v) is 3.79. The number of piperazine rings is 1. The van der Waals surface area contributed by atoms with Gasteiger partial charge in [0.15, 0.2) is 0 Å². The van der Waals surface area contributed by atoms with E-state index in [9.17, 15) is 4.79 Å². The fourth-order valence-electron chi connectivity index (χ4n) is 2.50. The minimum atomic E-state index is -0.105. The quantitative estimate of drug-likeness (QED) is 0.936. The number of urea groups is 1. The molecule has 2 aromatic rings. The molecule has 3 rings (SSSR count). The summed E-state index contributed by atoms with van der Waals surface area (Å²) in [5, 5.41) is 2.86. The average molecular weight is 313 g/mol. The van der Waals surface area contributed by atoms with Gasteiger partial charge in [0.05, 0.1) is 19.0 Å².